The summed E-state index contributed by atoms with van der Waals surface area (Å²) in [7, 11) is -4.20. The Hall–Kier alpha value is -2.29. The second-order valence-corrected chi connectivity index (χ2v) is 6.20. The number of carbonyl (C=O) groups excluding carboxylic acids is 1. The van der Waals surface area contributed by atoms with Crippen LogP contribution in [0.25, 0.3) is 0 Å². The van der Waals surface area contributed by atoms with Crippen LogP contribution >= 0.6 is 11.6 Å². The molecule has 0 aliphatic heterocycles. The number of hydrogen-bond donors (Lipinski definition) is 4. The number of hydrazine groups is 1. The van der Waals surface area contributed by atoms with Crippen molar-refractivity contribution in [3.05, 3.63) is 48.5 Å². The zero-order valence-corrected chi connectivity index (χ0v) is 13.4. The standard InChI is InChI=1S/C14H14ClN3O4S/c15-9-14(19)16-10-1-3-11(4-2-10)17-18-12-5-7-13(8-6-12)23(20,21)22/h1-8,17-18H,9H2,(H,16,19)(H,20,21,22). The first kappa shape index (κ1) is 17.1. The van der Waals surface area contributed by atoms with Crippen molar-refractivity contribution in [1.29, 1.82) is 0 Å². The van der Waals surface area contributed by atoms with Crippen molar-refractivity contribution in [3.63, 3.8) is 0 Å². The summed E-state index contributed by atoms with van der Waals surface area (Å²) in [6, 6.07) is 12.5. The van der Waals surface area contributed by atoms with E-state index in [0.29, 0.717) is 11.4 Å². The minimum atomic E-state index is -4.20. The Morgan fingerprint density at radius 1 is 0.913 bits per heavy atom. The maximum atomic E-state index is 11.1. The molecule has 0 aromatic heterocycles. The van der Waals surface area contributed by atoms with Crippen LogP contribution in [0.15, 0.2) is 53.4 Å². The van der Waals surface area contributed by atoms with Gasteiger partial charge in [0.25, 0.3) is 10.1 Å². The van der Waals surface area contributed by atoms with Crippen LogP contribution in [-0.2, 0) is 14.9 Å². The number of anilines is 3. The monoisotopic (exact) mass is 355 g/mol. The summed E-state index contributed by atoms with van der Waals surface area (Å²) in [4.78, 5) is 11.0. The van der Waals surface area contributed by atoms with Gasteiger partial charge in [-0.1, -0.05) is 0 Å². The third-order valence-electron chi connectivity index (χ3n) is 2.79. The maximum Gasteiger partial charge on any atom is 0.294 e. The van der Waals surface area contributed by atoms with Crippen molar-refractivity contribution in [1.82, 2.24) is 0 Å². The zero-order valence-electron chi connectivity index (χ0n) is 11.8. The molecule has 0 atom stereocenters. The molecule has 2 rings (SSSR count). The molecule has 7 nitrogen and oxygen atoms in total. The summed E-state index contributed by atoms with van der Waals surface area (Å²) in [5.74, 6) is -0.398. The molecule has 4 N–H and O–H groups in total. The molecule has 0 aliphatic carbocycles. The van der Waals surface area contributed by atoms with Crippen LogP contribution in [0, 0.1) is 0 Å². The predicted octanol–water partition coefficient (Wildman–Crippen LogP) is 2.55. The Labute approximate surface area is 138 Å². The molecule has 122 valence electrons. The van der Waals surface area contributed by atoms with Crippen molar-refractivity contribution in [2.45, 2.75) is 4.90 Å². The van der Waals surface area contributed by atoms with E-state index in [4.69, 9.17) is 16.2 Å². The highest BCUT2D eigenvalue weighted by atomic mass is 35.5. The Morgan fingerprint density at radius 3 is 1.78 bits per heavy atom. The molecule has 0 bridgehead atoms. The molecule has 0 fully saturated rings. The van der Waals surface area contributed by atoms with Gasteiger partial charge in [-0.05, 0) is 48.5 Å². The highest BCUT2D eigenvalue weighted by Crippen LogP contribution is 2.16. The van der Waals surface area contributed by atoms with Gasteiger partial charge in [-0.15, -0.1) is 11.6 Å². The molecule has 0 radical (unpaired) electrons. The fourth-order valence-corrected chi connectivity index (χ4v) is 2.23. The summed E-state index contributed by atoms with van der Waals surface area (Å²) in [5.41, 5.74) is 7.75. The van der Waals surface area contributed by atoms with Gasteiger partial charge in [0, 0.05) is 5.69 Å². The molecular weight excluding hydrogens is 342 g/mol. The van der Waals surface area contributed by atoms with E-state index in [2.05, 4.69) is 16.2 Å². The average Bonchev–Trinajstić information content (AvgIpc) is 2.53. The second-order valence-electron chi connectivity index (χ2n) is 4.51. The number of benzene rings is 2. The summed E-state index contributed by atoms with van der Waals surface area (Å²) >= 11 is 5.40. The number of nitrogens with one attached hydrogen (secondary N) is 3. The zero-order chi connectivity index (χ0) is 16.9. The van der Waals surface area contributed by atoms with E-state index in [9.17, 15) is 13.2 Å². The molecule has 23 heavy (non-hydrogen) atoms. The van der Waals surface area contributed by atoms with Gasteiger partial charge in [0.05, 0.1) is 16.3 Å². The minimum Gasteiger partial charge on any atom is -0.325 e. The number of carbonyl (C=O) groups is 1. The van der Waals surface area contributed by atoms with Gasteiger partial charge < -0.3 is 16.2 Å². The van der Waals surface area contributed by atoms with Crippen LogP contribution in [0.4, 0.5) is 17.1 Å². The lowest BCUT2D eigenvalue weighted by Gasteiger charge is -2.11. The fraction of sp³-hybridized carbons (Fsp3) is 0.0714. The van der Waals surface area contributed by atoms with Gasteiger partial charge in [-0.2, -0.15) is 8.42 Å². The molecule has 1 amide bonds. The molecule has 0 saturated heterocycles. The molecule has 0 aliphatic rings. The summed E-state index contributed by atoms with van der Waals surface area (Å²) in [6.07, 6.45) is 0. The summed E-state index contributed by atoms with van der Waals surface area (Å²) in [5, 5.41) is 2.61. The lowest BCUT2D eigenvalue weighted by atomic mass is 10.3. The quantitative estimate of drug-likeness (QED) is 0.360. The van der Waals surface area contributed by atoms with E-state index in [0.717, 1.165) is 5.69 Å². The first-order valence-corrected chi connectivity index (χ1v) is 8.41. The van der Waals surface area contributed by atoms with Crippen LogP contribution in [0.2, 0.25) is 0 Å². The van der Waals surface area contributed by atoms with Crippen molar-refractivity contribution in [2.75, 3.05) is 22.0 Å². The number of amides is 1. The largest absolute Gasteiger partial charge is 0.325 e. The maximum absolute atomic E-state index is 11.1. The molecule has 0 heterocycles. The van der Waals surface area contributed by atoms with Crippen LogP contribution < -0.4 is 16.2 Å². The van der Waals surface area contributed by atoms with E-state index in [-0.39, 0.29) is 16.7 Å². The minimum absolute atomic E-state index is 0.110. The fourth-order valence-electron chi connectivity index (χ4n) is 1.69. The second kappa shape index (κ2) is 7.32. The lowest BCUT2D eigenvalue weighted by molar-refractivity contribution is -0.113. The molecule has 2 aromatic rings. The van der Waals surface area contributed by atoms with Crippen LogP contribution in [0.5, 0.6) is 0 Å². The molecule has 0 saturated carbocycles. The Morgan fingerprint density at radius 2 is 1.35 bits per heavy atom. The molecule has 0 unspecified atom stereocenters. The third kappa shape index (κ3) is 5.13. The summed E-state index contributed by atoms with van der Waals surface area (Å²) < 4.78 is 30.8. The Kier molecular flexibility index (Phi) is 5.43. The third-order valence-corrected chi connectivity index (χ3v) is 3.90. The smallest absolute Gasteiger partial charge is 0.294 e. The highest BCUT2D eigenvalue weighted by molar-refractivity contribution is 7.85. The van der Waals surface area contributed by atoms with E-state index in [1.54, 1.807) is 24.3 Å². The Bertz CT molecular complexity index is 777. The first-order valence-electron chi connectivity index (χ1n) is 6.44. The van der Waals surface area contributed by atoms with Gasteiger partial charge >= 0.3 is 0 Å². The van der Waals surface area contributed by atoms with Gasteiger partial charge in [0.15, 0.2) is 0 Å². The summed E-state index contributed by atoms with van der Waals surface area (Å²) in [6.45, 7) is 0. The number of alkyl halides is 1. The molecule has 9 heteroatoms. The first-order chi connectivity index (χ1) is 10.9. The van der Waals surface area contributed by atoms with Gasteiger partial charge in [0.2, 0.25) is 5.91 Å². The van der Waals surface area contributed by atoms with Gasteiger partial charge in [-0.3, -0.25) is 9.35 Å². The van der Waals surface area contributed by atoms with Gasteiger partial charge in [-0.25, -0.2) is 0 Å². The van der Waals surface area contributed by atoms with Crippen molar-refractivity contribution in [3.8, 4) is 0 Å². The number of rotatable bonds is 6. The van der Waals surface area contributed by atoms with Gasteiger partial charge in [0.1, 0.15) is 5.88 Å². The molecule has 0 spiro atoms. The molecule has 2 aromatic carbocycles. The normalized spacial score (nSPS) is 10.9. The van der Waals surface area contributed by atoms with E-state index >= 15 is 0 Å². The van der Waals surface area contributed by atoms with Crippen LogP contribution in [0.1, 0.15) is 0 Å². The van der Waals surface area contributed by atoms with E-state index in [1.807, 2.05) is 0 Å². The van der Waals surface area contributed by atoms with Crippen LogP contribution in [-0.4, -0.2) is 24.8 Å². The van der Waals surface area contributed by atoms with Crippen molar-refractivity contribution < 1.29 is 17.8 Å². The van der Waals surface area contributed by atoms with E-state index < -0.39 is 10.1 Å². The molecular formula is C14H14ClN3O4S. The SMILES string of the molecule is O=C(CCl)Nc1ccc(NNc2ccc(S(=O)(=O)O)cc2)cc1. The Balaban J connectivity index is 1.94. The lowest BCUT2D eigenvalue weighted by Crippen LogP contribution is -2.12. The number of hydrogen-bond acceptors (Lipinski definition) is 5. The highest BCUT2D eigenvalue weighted by Gasteiger charge is 2.08. The van der Waals surface area contributed by atoms with Crippen molar-refractivity contribution in [2.24, 2.45) is 0 Å². The average molecular weight is 356 g/mol. The number of halogens is 1. The van der Waals surface area contributed by atoms with E-state index in [1.165, 1.54) is 24.3 Å². The van der Waals surface area contributed by atoms with Crippen molar-refractivity contribution >= 4 is 44.7 Å². The predicted molar refractivity (Wildman–Crippen MR) is 89.3 cm³/mol. The van der Waals surface area contributed by atoms with Crippen LogP contribution in [0.3, 0.4) is 0 Å². The topological polar surface area (TPSA) is 108 Å².